The summed E-state index contributed by atoms with van der Waals surface area (Å²) >= 11 is 0. The summed E-state index contributed by atoms with van der Waals surface area (Å²) in [6.07, 6.45) is 16.5. The maximum absolute atomic E-state index is 11.6. The summed E-state index contributed by atoms with van der Waals surface area (Å²) in [5.41, 5.74) is 10.8. The van der Waals surface area contributed by atoms with Crippen molar-refractivity contribution in [2.24, 2.45) is 5.92 Å². The monoisotopic (exact) mass is 1250 g/mol. The van der Waals surface area contributed by atoms with Crippen LogP contribution in [0.15, 0.2) is 91.8 Å². The lowest BCUT2D eigenvalue weighted by molar-refractivity contribution is -0.129. The van der Waals surface area contributed by atoms with E-state index in [4.69, 9.17) is 29.2 Å². The van der Waals surface area contributed by atoms with Crippen LogP contribution in [-0.4, -0.2) is 181 Å². The number of carbonyl (C=O) groups is 1. The van der Waals surface area contributed by atoms with E-state index in [1.165, 1.54) is 62.0 Å². The van der Waals surface area contributed by atoms with Crippen LogP contribution in [-0.2, 0) is 19.0 Å². The van der Waals surface area contributed by atoms with Crippen molar-refractivity contribution >= 4 is 109 Å². The molecular formula is C66H88N22O4. The van der Waals surface area contributed by atoms with Crippen molar-refractivity contribution in [2.45, 2.75) is 110 Å². The number of morpholine rings is 3. The molecule has 4 aliphatic heterocycles. The van der Waals surface area contributed by atoms with Crippen molar-refractivity contribution in [1.82, 2.24) is 64.7 Å². The van der Waals surface area contributed by atoms with Gasteiger partial charge >= 0.3 is 0 Å². The van der Waals surface area contributed by atoms with Gasteiger partial charge in [0.2, 0.25) is 23.8 Å². The van der Waals surface area contributed by atoms with Gasteiger partial charge < -0.3 is 80.7 Å². The predicted molar refractivity (Wildman–Crippen MR) is 364 cm³/mol. The summed E-state index contributed by atoms with van der Waals surface area (Å²) in [5, 5.41) is 20.6. The van der Waals surface area contributed by atoms with E-state index in [2.05, 4.69) is 173 Å². The first kappa shape index (κ1) is 63.0. The number of aromatic nitrogens is 12. The molecule has 5 aliphatic rings. The zero-order valence-electron chi connectivity index (χ0n) is 53.4. The van der Waals surface area contributed by atoms with E-state index in [1.54, 1.807) is 25.9 Å². The molecule has 92 heavy (non-hydrogen) atoms. The summed E-state index contributed by atoms with van der Waals surface area (Å²) in [7, 11) is 0. The number of piperidine rings is 1. The molecule has 0 bridgehead atoms. The Morgan fingerprint density at radius 1 is 0.478 bits per heavy atom. The number of fused-ring (bicyclic) bond motifs is 3. The van der Waals surface area contributed by atoms with Crippen LogP contribution in [0.25, 0.3) is 33.5 Å². The second kappa shape index (κ2) is 30.8. The standard InChI is InChI=1S/C23H33N7O.C22H28N8O2.C21H27N7O/c1-16(2)5-4-6-17(3)26-22-20-21(25-15-24-20)28-23(29-22)27-18-7-9-19(10-8-18)30-11-13-31-14-12-30;1-15(31)29-8-6-17(7-9-29)25-21-19-20(24-14-23-19)27-22(28-21)26-16-2-4-18(5-3-16)30-10-12-32-13-11-30;1-2-4-15(5-3-1)24-20-18-19(23-14-22-18)26-21(27-20)25-16-6-8-17(9-7-16)28-10-12-29-13-11-28/h7-10,15-17H,4-6,11-14H2,1-3H3,(H3,24,25,26,27,28,29);2-5,14,17H,6-13H2,1H3,(H3,23,24,25,26,27,28);6-9,14-15H,1-5,10-13H2,(H3,22,23,24,25,26,27). The number of H-pyrrole nitrogens is 3. The average Bonchev–Trinajstić information content (AvgIpc) is 1.78. The van der Waals surface area contributed by atoms with E-state index in [0.29, 0.717) is 46.9 Å². The lowest BCUT2D eigenvalue weighted by atomic mass is 9.95. The Morgan fingerprint density at radius 3 is 1.23 bits per heavy atom. The Bertz CT molecular complexity index is 3750. The van der Waals surface area contributed by atoms with Gasteiger partial charge in [-0.3, -0.25) is 4.79 Å². The zero-order chi connectivity index (χ0) is 63.0. The fourth-order valence-corrected chi connectivity index (χ4v) is 12.2. The number of benzene rings is 3. The Labute approximate surface area is 536 Å². The number of hydrogen-bond donors (Lipinski definition) is 9. The topological polar surface area (TPSA) is 293 Å². The van der Waals surface area contributed by atoms with Gasteiger partial charge in [0.25, 0.3) is 0 Å². The van der Waals surface area contributed by atoms with Crippen molar-refractivity contribution in [1.29, 1.82) is 0 Å². The molecular weight excluding hydrogens is 1160 g/mol. The third-order valence-corrected chi connectivity index (χ3v) is 17.4. The van der Waals surface area contributed by atoms with Crippen LogP contribution >= 0.6 is 0 Å². The summed E-state index contributed by atoms with van der Waals surface area (Å²) in [5.74, 6) is 4.79. The zero-order valence-corrected chi connectivity index (χ0v) is 53.4. The predicted octanol–water partition coefficient (Wildman–Crippen LogP) is 10.6. The number of rotatable bonds is 19. The molecule has 5 fully saturated rings. The Balaban J connectivity index is 0.000000133. The number of carbonyl (C=O) groups excluding carboxylic acids is 1. The molecule has 3 aromatic carbocycles. The first-order chi connectivity index (χ1) is 45.1. The highest BCUT2D eigenvalue weighted by Gasteiger charge is 2.24. The van der Waals surface area contributed by atoms with Gasteiger partial charge in [0.1, 0.15) is 16.6 Å². The van der Waals surface area contributed by atoms with Crippen molar-refractivity contribution in [2.75, 3.05) is 139 Å². The number of likely N-dealkylation sites (tertiary alicyclic amines) is 1. The fraction of sp³-hybridized carbons (Fsp3) is 0.485. The molecule has 1 aliphatic carbocycles. The van der Waals surface area contributed by atoms with Gasteiger partial charge in [-0.05, 0) is 118 Å². The van der Waals surface area contributed by atoms with Crippen molar-refractivity contribution in [3.8, 4) is 0 Å². The number of nitrogens with zero attached hydrogens (tertiary/aromatic N) is 13. The number of amides is 1. The van der Waals surface area contributed by atoms with Gasteiger partial charge in [-0.1, -0.05) is 46.0 Å². The third kappa shape index (κ3) is 16.9. The highest BCUT2D eigenvalue weighted by atomic mass is 16.5. The molecule has 1 atom stereocenters. The van der Waals surface area contributed by atoms with Crippen LogP contribution in [0, 0.1) is 5.92 Å². The molecule has 0 spiro atoms. The van der Waals surface area contributed by atoms with Crippen LogP contribution in [0.3, 0.4) is 0 Å². The second-order valence-electron chi connectivity index (χ2n) is 24.6. The van der Waals surface area contributed by atoms with Crippen LogP contribution in [0.2, 0.25) is 0 Å². The fourth-order valence-electron chi connectivity index (χ4n) is 12.2. The third-order valence-electron chi connectivity index (χ3n) is 17.4. The molecule has 1 unspecified atom stereocenters. The van der Waals surface area contributed by atoms with Crippen LogP contribution < -0.4 is 46.6 Å². The number of nitrogens with one attached hydrogen (secondary N) is 9. The van der Waals surface area contributed by atoms with E-state index in [0.717, 1.165) is 168 Å². The Morgan fingerprint density at radius 2 is 0.848 bits per heavy atom. The molecule has 1 saturated carbocycles. The molecule has 26 nitrogen and oxygen atoms in total. The molecule has 10 heterocycles. The Kier molecular flexibility index (Phi) is 21.1. The van der Waals surface area contributed by atoms with E-state index in [-0.39, 0.29) is 11.9 Å². The van der Waals surface area contributed by atoms with Crippen LogP contribution in [0.4, 0.5) is 69.4 Å². The lowest BCUT2D eigenvalue weighted by Crippen LogP contribution is -2.41. The molecule has 9 N–H and O–H groups in total. The van der Waals surface area contributed by atoms with Gasteiger partial charge in [-0.2, -0.15) is 29.9 Å². The first-order valence-corrected chi connectivity index (χ1v) is 32.9. The van der Waals surface area contributed by atoms with Gasteiger partial charge in [0.15, 0.2) is 34.4 Å². The smallest absolute Gasteiger partial charge is 0.231 e. The highest BCUT2D eigenvalue weighted by Crippen LogP contribution is 2.30. The maximum atomic E-state index is 11.6. The van der Waals surface area contributed by atoms with Gasteiger partial charge in [-0.25, -0.2) is 15.0 Å². The summed E-state index contributed by atoms with van der Waals surface area (Å²) < 4.78 is 16.3. The van der Waals surface area contributed by atoms with E-state index < -0.39 is 0 Å². The normalized spacial score (nSPS) is 17.0. The van der Waals surface area contributed by atoms with Gasteiger partial charge in [-0.15, -0.1) is 0 Å². The molecule has 1 amide bonds. The quantitative estimate of drug-likeness (QED) is 0.0364. The van der Waals surface area contributed by atoms with Gasteiger partial charge in [0.05, 0.1) is 58.6 Å². The molecule has 26 heteroatoms. The largest absolute Gasteiger partial charge is 0.378 e. The molecule has 4 saturated heterocycles. The highest BCUT2D eigenvalue weighted by molar-refractivity contribution is 5.86. The number of anilines is 12. The van der Waals surface area contributed by atoms with Crippen molar-refractivity contribution in [3.05, 3.63) is 91.8 Å². The van der Waals surface area contributed by atoms with Gasteiger partial charge in [0, 0.05) is 112 Å². The molecule has 6 aromatic heterocycles. The minimum absolute atomic E-state index is 0.132. The second-order valence-corrected chi connectivity index (χ2v) is 24.6. The summed E-state index contributed by atoms with van der Waals surface area (Å²) in [4.78, 5) is 70.8. The molecule has 0 radical (unpaired) electrons. The SMILES string of the molecule is CC(=O)N1CCC(Nc2nc(Nc3ccc(N4CCOCC4)cc3)nc3nc[nH]c23)CC1.CC(C)CCCC(C)Nc1nc(Nc2ccc(N3CCOCC3)cc2)nc2nc[nH]c12.c1nc2nc(Nc3ccc(N4CCOCC4)cc3)nc(NC3CCCCC3)c2[nH]1. The van der Waals surface area contributed by atoms with E-state index >= 15 is 0 Å². The van der Waals surface area contributed by atoms with E-state index in [9.17, 15) is 4.79 Å². The number of hydrogen-bond acceptors (Lipinski definition) is 22. The minimum atomic E-state index is 0.132. The van der Waals surface area contributed by atoms with Crippen LogP contribution in [0.5, 0.6) is 0 Å². The maximum Gasteiger partial charge on any atom is 0.231 e. The minimum Gasteiger partial charge on any atom is -0.378 e. The molecule has 486 valence electrons. The van der Waals surface area contributed by atoms with Crippen molar-refractivity contribution in [3.63, 3.8) is 0 Å². The number of aromatic amines is 3. The average molecular weight is 1250 g/mol. The van der Waals surface area contributed by atoms with Crippen molar-refractivity contribution < 1.29 is 19.0 Å². The Hall–Kier alpha value is -9.14. The summed E-state index contributed by atoms with van der Waals surface area (Å²) in [6, 6.07) is 26.0. The number of ether oxygens (including phenoxy) is 3. The molecule has 14 rings (SSSR count). The summed E-state index contributed by atoms with van der Waals surface area (Å²) in [6.45, 7) is 20.1. The van der Waals surface area contributed by atoms with E-state index in [1.807, 2.05) is 17.0 Å². The number of imidazole rings is 3. The first-order valence-electron chi connectivity index (χ1n) is 32.9. The van der Waals surface area contributed by atoms with Crippen LogP contribution in [0.1, 0.15) is 91.9 Å². The molecule has 9 aromatic rings. The lowest BCUT2D eigenvalue weighted by Gasteiger charge is -2.32.